The van der Waals surface area contributed by atoms with Gasteiger partial charge in [-0.3, -0.25) is 4.79 Å². The van der Waals surface area contributed by atoms with E-state index in [0.717, 1.165) is 11.8 Å². The maximum atomic E-state index is 11.6. The predicted octanol–water partition coefficient (Wildman–Crippen LogP) is 1.92. The second kappa shape index (κ2) is 5.96. The third-order valence-corrected chi connectivity index (χ3v) is 2.10. The van der Waals surface area contributed by atoms with Crippen LogP contribution in [-0.2, 0) is 14.3 Å². The van der Waals surface area contributed by atoms with Crippen LogP contribution in [0.15, 0.2) is 30.3 Å². The SMILES string of the molecule is CCOC(=O)C(CC=O)c1ccccc1. The quantitative estimate of drug-likeness (QED) is 0.546. The Hall–Kier alpha value is -1.64. The van der Waals surface area contributed by atoms with Gasteiger partial charge in [0.15, 0.2) is 0 Å². The number of carbonyl (C=O) groups excluding carboxylic acids is 2. The number of rotatable bonds is 5. The van der Waals surface area contributed by atoms with Crippen LogP contribution >= 0.6 is 0 Å². The highest BCUT2D eigenvalue weighted by Crippen LogP contribution is 2.19. The lowest BCUT2D eigenvalue weighted by Gasteiger charge is -2.12. The van der Waals surface area contributed by atoms with Crippen molar-refractivity contribution in [2.45, 2.75) is 19.3 Å². The van der Waals surface area contributed by atoms with Crippen molar-refractivity contribution < 1.29 is 14.3 Å². The fourth-order valence-corrected chi connectivity index (χ4v) is 1.39. The molecule has 0 spiro atoms. The molecule has 1 rings (SSSR count). The third kappa shape index (κ3) is 3.20. The van der Waals surface area contributed by atoms with Crippen molar-refractivity contribution in [3.63, 3.8) is 0 Å². The fourth-order valence-electron chi connectivity index (χ4n) is 1.39. The lowest BCUT2D eigenvalue weighted by Crippen LogP contribution is -2.16. The van der Waals surface area contributed by atoms with E-state index >= 15 is 0 Å². The number of esters is 1. The number of ether oxygens (including phenoxy) is 1. The number of benzene rings is 1. The first-order chi connectivity index (χ1) is 7.29. The smallest absolute Gasteiger partial charge is 0.313 e. The van der Waals surface area contributed by atoms with E-state index in [9.17, 15) is 9.59 Å². The Kier molecular flexibility index (Phi) is 4.54. The molecule has 0 aliphatic rings. The van der Waals surface area contributed by atoms with Gasteiger partial charge in [0, 0.05) is 6.42 Å². The molecule has 1 aromatic rings. The van der Waals surface area contributed by atoms with E-state index in [4.69, 9.17) is 4.74 Å². The topological polar surface area (TPSA) is 43.4 Å². The molecule has 0 N–H and O–H groups in total. The summed E-state index contributed by atoms with van der Waals surface area (Å²) >= 11 is 0. The maximum absolute atomic E-state index is 11.6. The van der Waals surface area contributed by atoms with Crippen LogP contribution in [0, 0.1) is 0 Å². The molecule has 15 heavy (non-hydrogen) atoms. The first-order valence-corrected chi connectivity index (χ1v) is 4.94. The molecular formula is C12H14O3. The van der Waals surface area contributed by atoms with Crippen LogP contribution in [0.2, 0.25) is 0 Å². The van der Waals surface area contributed by atoms with Crippen molar-refractivity contribution in [2.75, 3.05) is 6.61 Å². The Balaban J connectivity index is 2.82. The van der Waals surface area contributed by atoms with Crippen LogP contribution in [0.1, 0.15) is 24.8 Å². The molecule has 1 atom stereocenters. The van der Waals surface area contributed by atoms with Gasteiger partial charge in [0.05, 0.1) is 12.5 Å². The van der Waals surface area contributed by atoms with Crippen LogP contribution in [0.4, 0.5) is 0 Å². The Bertz CT molecular complexity index is 319. The molecular weight excluding hydrogens is 192 g/mol. The van der Waals surface area contributed by atoms with E-state index in [0.29, 0.717) is 6.61 Å². The number of hydrogen-bond acceptors (Lipinski definition) is 3. The van der Waals surface area contributed by atoms with Crippen LogP contribution in [0.25, 0.3) is 0 Å². The molecule has 3 heteroatoms. The molecule has 1 aromatic carbocycles. The zero-order valence-corrected chi connectivity index (χ0v) is 8.68. The Labute approximate surface area is 89.1 Å². The third-order valence-electron chi connectivity index (χ3n) is 2.10. The molecule has 3 nitrogen and oxygen atoms in total. The van der Waals surface area contributed by atoms with Gasteiger partial charge in [-0.05, 0) is 12.5 Å². The highest BCUT2D eigenvalue weighted by Gasteiger charge is 2.20. The second-order valence-electron chi connectivity index (χ2n) is 3.12. The summed E-state index contributed by atoms with van der Waals surface area (Å²) in [5, 5.41) is 0. The number of aldehydes is 1. The maximum Gasteiger partial charge on any atom is 0.313 e. The molecule has 0 saturated heterocycles. The molecule has 0 aliphatic heterocycles. The van der Waals surface area contributed by atoms with Crippen LogP contribution in [0.5, 0.6) is 0 Å². The van der Waals surface area contributed by atoms with Gasteiger partial charge < -0.3 is 9.53 Å². The predicted molar refractivity (Wildman–Crippen MR) is 56.5 cm³/mol. The molecule has 0 radical (unpaired) electrons. The summed E-state index contributed by atoms with van der Waals surface area (Å²) < 4.78 is 4.91. The minimum Gasteiger partial charge on any atom is -0.466 e. The number of hydrogen-bond donors (Lipinski definition) is 0. The standard InChI is InChI=1S/C12H14O3/c1-2-15-12(14)11(8-9-13)10-6-4-3-5-7-10/h3-7,9,11H,2,8H2,1H3. The van der Waals surface area contributed by atoms with Gasteiger partial charge in [-0.1, -0.05) is 30.3 Å². The lowest BCUT2D eigenvalue weighted by molar-refractivity contribution is -0.145. The lowest BCUT2D eigenvalue weighted by atomic mass is 9.97. The summed E-state index contributed by atoms with van der Waals surface area (Å²) in [7, 11) is 0. The summed E-state index contributed by atoms with van der Waals surface area (Å²) in [4.78, 5) is 22.0. The van der Waals surface area contributed by atoms with E-state index in [1.165, 1.54) is 0 Å². The minimum absolute atomic E-state index is 0.169. The first kappa shape index (κ1) is 11.4. The van der Waals surface area contributed by atoms with E-state index < -0.39 is 5.92 Å². The van der Waals surface area contributed by atoms with Gasteiger partial charge in [-0.15, -0.1) is 0 Å². The van der Waals surface area contributed by atoms with E-state index in [1.807, 2.05) is 30.3 Å². The van der Waals surface area contributed by atoms with Crippen molar-refractivity contribution in [1.29, 1.82) is 0 Å². The Morgan fingerprint density at radius 1 is 1.40 bits per heavy atom. The average Bonchev–Trinajstić information content (AvgIpc) is 2.27. The van der Waals surface area contributed by atoms with Crippen molar-refractivity contribution in [1.82, 2.24) is 0 Å². The van der Waals surface area contributed by atoms with Gasteiger partial charge in [0.25, 0.3) is 0 Å². The zero-order valence-electron chi connectivity index (χ0n) is 8.68. The minimum atomic E-state index is -0.469. The summed E-state index contributed by atoms with van der Waals surface area (Å²) in [5.74, 6) is -0.806. The summed E-state index contributed by atoms with van der Waals surface area (Å²) in [6.07, 6.45) is 0.914. The van der Waals surface area contributed by atoms with Crippen LogP contribution in [-0.4, -0.2) is 18.9 Å². The van der Waals surface area contributed by atoms with Gasteiger partial charge in [0.1, 0.15) is 6.29 Å². The fraction of sp³-hybridized carbons (Fsp3) is 0.333. The van der Waals surface area contributed by atoms with Gasteiger partial charge >= 0.3 is 5.97 Å². The average molecular weight is 206 g/mol. The normalized spacial score (nSPS) is 11.8. The van der Waals surface area contributed by atoms with E-state index in [2.05, 4.69) is 0 Å². The summed E-state index contributed by atoms with van der Waals surface area (Å²) in [5.41, 5.74) is 0.822. The molecule has 0 heterocycles. The van der Waals surface area contributed by atoms with Crippen molar-refractivity contribution in [3.8, 4) is 0 Å². The number of carbonyl (C=O) groups is 2. The Morgan fingerprint density at radius 2 is 2.07 bits per heavy atom. The highest BCUT2D eigenvalue weighted by molar-refractivity contribution is 5.81. The zero-order chi connectivity index (χ0) is 11.1. The van der Waals surface area contributed by atoms with Crippen molar-refractivity contribution >= 4 is 12.3 Å². The molecule has 0 amide bonds. The monoisotopic (exact) mass is 206 g/mol. The molecule has 0 bridgehead atoms. The van der Waals surface area contributed by atoms with Crippen molar-refractivity contribution in [2.24, 2.45) is 0 Å². The first-order valence-electron chi connectivity index (χ1n) is 4.94. The van der Waals surface area contributed by atoms with Crippen LogP contribution in [0.3, 0.4) is 0 Å². The second-order valence-corrected chi connectivity index (χ2v) is 3.12. The molecule has 0 aromatic heterocycles. The van der Waals surface area contributed by atoms with E-state index in [1.54, 1.807) is 6.92 Å². The summed E-state index contributed by atoms with van der Waals surface area (Å²) in [6, 6.07) is 9.20. The summed E-state index contributed by atoms with van der Waals surface area (Å²) in [6.45, 7) is 2.09. The molecule has 0 aliphatic carbocycles. The molecule has 80 valence electrons. The largest absolute Gasteiger partial charge is 0.466 e. The van der Waals surface area contributed by atoms with Gasteiger partial charge in [-0.25, -0.2) is 0 Å². The Morgan fingerprint density at radius 3 is 2.60 bits per heavy atom. The van der Waals surface area contributed by atoms with Crippen molar-refractivity contribution in [3.05, 3.63) is 35.9 Å². The molecule has 0 saturated carbocycles. The van der Waals surface area contributed by atoms with Gasteiger partial charge in [0.2, 0.25) is 0 Å². The highest BCUT2D eigenvalue weighted by atomic mass is 16.5. The van der Waals surface area contributed by atoms with E-state index in [-0.39, 0.29) is 12.4 Å². The van der Waals surface area contributed by atoms with Crippen LogP contribution < -0.4 is 0 Å². The van der Waals surface area contributed by atoms with Gasteiger partial charge in [-0.2, -0.15) is 0 Å². The molecule has 0 fully saturated rings. The molecule has 1 unspecified atom stereocenters.